The second kappa shape index (κ2) is 2.84. The van der Waals surface area contributed by atoms with Crippen LogP contribution in [0.4, 0.5) is 0 Å². The smallest absolute Gasteiger partial charge is 0.223 e. The van der Waals surface area contributed by atoms with Crippen LogP contribution in [0.3, 0.4) is 0 Å². The van der Waals surface area contributed by atoms with E-state index in [4.69, 9.17) is 0 Å². The highest BCUT2D eigenvalue weighted by Gasteiger charge is 2.32. The Hall–Kier alpha value is -0.530. The minimum Gasteiger partial charge on any atom is -0.356 e. The van der Waals surface area contributed by atoms with Crippen molar-refractivity contribution in [1.29, 1.82) is 0 Å². The molecule has 64 valence electrons. The lowest BCUT2D eigenvalue weighted by Gasteiger charge is -2.32. The predicted octanol–water partition coefficient (Wildman–Crippen LogP) is 1.56. The molecule has 2 heteroatoms. The molecule has 0 aliphatic carbocycles. The van der Waals surface area contributed by atoms with Gasteiger partial charge in [-0.1, -0.05) is 20.8 Å². The number of nitrogens with one attached hydrogen (secondary N) is 1. The van der Waals surface area contributed by atoms with E-state index in [0.29, 0.717) is 0 Å². The third-order valence-electron chi connectivity index (χ3n) is 2.33. The molecule has 1 rings (SSSR count). The third kappa shape index (κ3) is 1.95. The van der Waals surface area contributed by atoms with Gasteiger partial charge < -0.3 is 5.32 Å². The quantitative estimate of drug-likeness (QED) is 0.565. The second-order valence-electron chi connectivity index (χ2n) is 4.35. The Morgan fingerprint density at radius 2 is 2.09 bits per heavy atom. The molecule has 1 atom stereocenters. The lowest BCUT2D eigenvalue weighted by molar-refractivity contribution is -0.130. The van der Waals surface area contributed by atoms with Crippen LogP contribution in [-0.2, 0) is 4.79 Å². The van der Waals surface area contributed by atoms with E-state index in [2.05, 4.69) is 26.1 Å². The van der Waals surface area contributed by atoms with Gasteiger partial charge in [-0.05, 0) is 18.3 Å². The molecule has 0 aromatic heterocycles. The molecule has 0 saturated carbocycles. The van der Waals surface area contributed by atoms with Crippen LogP contribution >= 0.6 is 0 Å². The van der Waals surface area contributed by atoms with E-state index in [0.717, 1.165) is 19.4 Å². The highest BCUT2D eigenvalue weighted by atomic mass is 16.1. The summed E-state index contributed by atoms with van der Waals surface area (Å²) in [4.78, 5) is 11.3. The Bertz CT molecular complexity index is 157. The highest BCUT2D eigenvalue weighted by molar-refractivity contribution is 5.79. The van der Waals surface area contributed by atoms with Crippen molar-refractivity contribution in [2.75, 3.05) is 6.54 Å². The fourth-order valence-corrected chi connectivity index (χ4v) is 1.60. The van der Waals surface area contributed by atoms with Gasteiger partial charge in [-0.25, -0.2) is 0 Å². The number of hydrogen-bond donors (Lipinski definition) is 1. The van der Waals surface area contributed by atoms with E-state index >= 15 is 0 Å². The van der Waals surface area contributed by atoms with E-state index in [9.17, 15) is 4.79 Å². The standard InChI is InChI=1S/C9H17NO/c1-9(2,3)7-5-4-6-10-8(7)11/h7H,4-6H2,1-3H3,(H,10,11). The van der Waals surface area contributed by atoms with Crippen molar-refractivity contribution in [2.24, 2.45) is 11.3 Å². The maximum absolute atomic E-state index is 11.3. The summed E-state index contributed by atoms with van der Waals surface area (Å²) in [6.07, 6.45) is 2.18. The first-order valence-corrected chi connectivity index (χ1v) is 4.29. The Morgan fingerprint density at radius 3 is 2.45 bits per heavy atom. The van der Waals surface area contributed by atoms with Gasteiger partial charge in [0.2, 0.25) is 5.91 Å². The van der Waals surface area contributed by atoms with Crippen LogP contribution in [0, 0.1) is 11.3 Å². The predicted molar refractivity (Wildman–Crippen MR) is 45.2 cm³/mol. The van der Waals surface area contributed by atoms with E-state index in [1.165, 1.54) is 0 Å². The summed E-state index contributed by atoms with van der Waals surface area (Å²) in [6.45, 7) is 7.25. The third-order valence-corrected chi connectivity index (χ3v) is 2.33. The molecule has 1 heterocycles. The van der Waals surface area contributed by atoms with Gasteiger partial charge in [0.25, 0.3) is 0 Å². The van der Waals surface area contributed by atoms with Crippen LogP contribution in [0.25, 0.3) is 0 Å². The number of carbonyl (C=O) groups is 1. The van der Waals surface area contributed by atoms with E-state index in [1.807, 2.05) is 0 Å². The molecule has 1 N–H and O–H groups in total. The van der Waals surface area contributed by atoms with E-state index in [-0.39, 0.29) is 17.2 Å². The fourth-order valence-electron chi connectivity index (χ4n) is 1.60. The summed E-state index contributed by atoms with van der Waals surface area (Å²) in [7, 11) is 0. The van der Waals surface area contributed by atoms with Gasteiger partial charge in [-0.2, -0.15) is 0 Å². The maximum Gasteiger partial charge on any atom is 0.223 e. The van der Waals surface area contributed by atoms with Crippen molar-refractivity contribution in [3.8, 4) is 0 Å². The molecular weight excluding hydrogens is 138 g/mol. The van der Waals surface area contributed by atoms with Crippen molar-refractivity contribution in [1.82, 2.24) is 5.32 Å². The van der Waals surface area contributed by atoms with Gasteiger partial charge in [0, 0.05) is 12.5 Å². The molecule has 1 saturated heterocycles. The molecule has 1 unspecified atom stereocenters. The average Bonchev–Trinajstić information content (AvgIpc) is 1.86. The monoisotopic (exact) mass is 155 g/mol. The molecule has 1 aliphatic heterocycles. The van der Waals surface area contributed by atoms with Crippen molar-refractivity contribution in [2.45, 2.75) is 33.6 Å². The SMILES string of the molecule is CC(C)(C)C1CCCNC1=O. The molecule has 0 radical (unpaired) electrons. The number of carbonyl (C=O) groups excluding carboxylic acids is 1. The molecule has 0 aromatic rings. The molecule has 1 aliphatic rings. The highest BCUT2D eigenvalue weighted by Crippen LogP contribution is 2.31. The number of amides is 1. The lowest BCUT2D eigenvalue weighted by atomic mass is 9.76. The number of piperidine rings is 1. The summed E-state index contributed by atoms with van der Waals surface area (Å²) >= 11 is 0. The minimum absolute atomic E-state index is 0.129. The molecule has 11 heavy (non-hydrogen) atoms. The fraction of sp³-hybridized carbons (Fsp3) is 0.889. The van der Waals surface area contributed by atoms with Gasteiger partial charge in [0.05, 0.1) is 0 Å². The van der Waals surface area contributed by atoms with Gasteiger partial charge >= 0.3 is 0 Å². The molecular formula is C9H17NO. The Balaban J connectivity index is 2.62. The normalized spacial score (nSPS) is 26.5. The van der Waals surface area contributed by atoms with Gasteiger partial charge in [0.15, 0.2) is 0 Å². The largest absolute Gasteiger partial charge is 0.356 e. The van der Waals surface area contributed by atoms with Crippen LogP contribution in [0.15, 0.2) is 0 Å². The zero-order chi connectivity index (χ0) is 8.48. The molecule has 2 nitrogen and oxygen atoms in total. The first-order chi connectivity index (χ1) is 5.02. The summed E-state index contributed by atoms with van der Waals surface area (Å²) in [6, 6.07) is 0. The van der Waals surface area contributed by atoms with Crippen LogP contribution in [0.2, 0.25) is 0 Å². The summed E-state index contributed by atoms with van der Waals surface area (Å²) in [5.74, 6) is 0.458. The van der Waals surface area contributed by atoms with Gasteiger partial charge in [0.1, 0.15) is 0 Å². The zero-order valence-corrected chi connectivity index (χ0v) is 7.61. The van der Waals surface area contributed by atoms with Crippen LogP contribution < -0.4 is 5.32 Å². The molecule has 0 bridgehead atoms. The topological polar surface area (TPSA) is 29.1 Å². The van der Waals surface area contributed by atoms with Crippen LogP contribution in [0.1, 0.15) is 33.6 Å². The summed E-state index contributed by atoms with van der Waals surface area (Å²) in [5.41, 5.74) is 0.129. The minimum atomic E-state index is 0.129. The van der Waals surface area contributed by atoms with Crippen molar-refractivity contribution in [3.05, 3.63) is 0 Å². The van der Waals surface area contributed by atoms with Gasteiger partial charge in [-0.3, -0.25) is 4.79 Å². The van der Waals surface area contributed by atoms with Crippen LogP contribution in [0.5, 0.6) is 0 Å². The Labute approximate surface area is 68.4 Å². The van der Waals surface area contributed by atoms with Crippen molar-refractivity contribution >= 4 is 5.91 Å². The summed E-state index contributed by atoms with van der Waals surface area (Å²) < 4.78 is 0. The average molecular weight is 155 g/mol. The Kier molecular flexibility index (Phi) is 2.21. The first-order valence-electron chi connectivity index (χ1n) is 4.29. The molecule has 0 spiro atoms. The summed E-state index contributed by atoms with van der Waals surface area (Å²) in [5, 5.41) is 2.90. The molecule has 0 aromatic carbocycles. The van der Waals surface area contributed by atoms with Gasteiger partial charge in [-0.15, -0.1) is 0 Å². The molecule has 1 amide bonds. The van der Waals surface area contributed by atoms with E-state index < -0.39 is 0 Å². The van der Waals surface area contributed by atoms with E-state index in [1.54, 1.807) is 0 Å². The molecule has 1 fully saturated rings. The van der Waals surface area contributed by atoms with Crippen molar-refractivity contribution in [3.63, 3.8) is 0 Å². The van der Waals surface area contributed by atoms with Crippen molar-refractivity contribution < 1.29 is 4.79 Å². The van der Waals surface area contributed by atoms with Crippen LogP contribution in [-0.4, -0.2) is 12.5 Å². The Morgan fingerprint density at radius 1 is 1.45 bits per heavy atom. The number of rotatable bonds is 0. The lowest BCUT2D eigenvalue weighted by Crippen LogP contribution is -2.42. The maximum atomic E-state index is 11.3. The second-order valence-corrected chi connectivity index (χ2v) is 4.35. The first kappa shape index (κ1) is 8.57. The number of hydrogen-bond acceptors (Lipinski definition) is 1. The zero-order valence-electron chi connectivity index (χ0n) is 7.61.